The molecule has 0 spiro atoms. The molecule has 0 amide bonds. The van der Waals surface area contributed by atoms with Crippen molar-refractivity contribution in [2.24, 2.45) is 5.16 Å². The van der Waals surface area contributed by atoms with E-state index in [1.165, 1.54) is 12.1 Å². The summed E-state index contributed by atoms with van der Waals surface area (Å²) in [6.07, 6.45) is 4.28. The lowest BCUT2D eigenvalue weighted by Gasteiger charge is -2.10. The first-order valence-electron chi connectivity index (χ1n) is 9.01. The molecule has 1 aliphatic heterocycles. The molecule has 148 valence electrons. The van der Waals surface area contributed by atoms with Crippen molar-refractivity contribution in [2.45, 2.75) is 25.6 Å². The maximum Gasteiger partial charge on any atom is 0.213 e. The van der Waals surface area contributed by atoms with Gasteiger partial charge in [-0.3, -0.25) is 0 Å². The van der Waals surface area contributed by atoms with E-state index in [0.29, 0.717) is 30.1 Å². The number of nitrogens with zero attached hydrogens (tertiary/aromatic N) is 3. The zero-order valence-electron chi connectivity index (χ0n) is 15.4. The third-order valence-electron chi connectivity index (χ3n) is 4.46. The second-order valence-electron chi connectivity index (χ2n) is 6.68. The molecule has 0 saturated carbocycles. The van der Waals surface area contributed by atoms with E-state index in [1.54, 1.807) is 18.5 Å². The average Bonchev–Trinajstić information content (AvgIpc) is 3.15. The topological polar surface area (TPSA) is 82.6 Å². The van der Waals surface area contributed by atoms with Crippen molar-refractivity contribution >= 4 is 11.5 Å². The first-order chi connectivity index (χ1) is 14.1. The standard InChI is InChI=1S/C21H18F2N4O2/c22-15-6-14(7-16(23)9-15)12-28-20-4-3-13(11-26-20)8-17-10-19(29-27-17)18-2-1-5-25-21(18)24/h1-7,9,11,19H,8,10,12H2,(H2,24,25). The summed E-state index contributed by atoms with van der Waals surface area (Å²) in [5, 5.41) is 4.15. The molecule has 4 rings (SSSR count). The Kier molecular flexibility index (Phi) is 5.33. The molecule has 1 aliphatic rings. The highest BCUT2D eigenvalue weighted by molar-refractivity contribution is 5.87. The molecular weight excluding hydrogens is 378 g/mol. The van der Waals surface area contributed by atoms with Crippen LogP contribution in [0.5, 0.6) is 5.88 Å². The molecule has 0 aliphatic carbocycles. The lowest BCUT2D eigenvalue weighted by Crippen LogP contribution is -2.06. The Morgan fingerprint density at radius 3 is 2.62 bits per heavy atom. The van der Waals surface area contributed by atoms with Crippen molar-refractivity contribution in [3.63, 3.8) is 0 Å². The van der Waals surface area contributed by atoms with Crippen LogP contribution in [0.15, 0.2) is 60.0 Å². The number of anilines is 1. The normalized spacial score (nSPS) is 15.7. The van der Waals surface area contributed by atoms with Crippen molar-refractivity contribution < 1.29 is 18.4 Å². The molecule has 8 heteroatoms. The monoisotopic (exact) mass is 396 g/mol. The van der Waals surface area contributed by atoms with Gasteiger partial charge in [-0.25, -0.2) is 18.7 Å². The van der Waals surface area contributed by atoms with Gasteiger partial charge in [0.1, 0.15) is 24.1 Å². The van der Waals surface area contributed by atoms with E-state index < -0.39 is 11.6 Å². The largest absolute Gasteiger partial charge is 0.473 e. The second-order valence-corrected chi connectivity index (χ2v) is 6.68. The Hall–Kier alpha value is -3.55. The molecule has 0 fully saturated rings. The predicted molar refractivity (Wildman–Crippen MR) is 103 cm³/mol. The van der Waals surface area contributed by atoms with E-state index >= 15 is 0 Å². The van der Waals surface area contributed by atoms with Crippen molar-refractivity contribution in [1.82, 2.24) is 9.97 Å². The van der Waals surface area contributed by atoms with Crippen LogP contribution in [-0.2, 0) is 17.9 Å². The van der Waals surface area contributed by atoms with E-state index in [9.17, 15) is 8.78 Å². The summed E-state index contributed by atoms with van der Waals surface area (Å²) in [7, 11) is 0. The van der Waals surface area contributed by atoms with Crippen LogP contribution in [0, 0.1) is 11.6 Å². The second kappa shape index (κ2) is 8.22. The predicted octanol–water partition coefficient (Wildman–Crippen LogP) is 3.98. The number of ether oxygens (including phenoxy) is 1. The Labute approximate surface area is 166 Å². The fourth-order valence-corrected chi connectivity index (χ4v) is 3.09. The summed E-state index contributed by atoms with van der Waals surface area (Å²) in [4.78, 5) is 13.8. The highest BCUT2D eigenvalue weighted by Crippen LogP contribution is 2.30. The molecule has 1 atom stereocenters. The van der Waals surface area contributed by atoms with Crippen molar-refractivity contribution in [3.8, 4) is 5.88 Å². The van der Waals surface area contributed by atoms with Gasteiger partial charge in [0.2, 0.25) is 5.88 Å². The first-order valence-corrected chi connectivity index (χ1v) is 9.01. The third kappa shape index (κ3) is 4.66. The van der Waals surface area contributed by atoms with Crippen LogP contribution >= 0.6 is 0 Å². The molecule has 0 radical (unpaired) electrons. The van der Waals surface area contributed by atoms with Gasteiger partial charge in [0, 0.05) is 42.9 Å². The summed E-state index contributed by atoms with van der Waals surface area (Å²) in [5.74, 6) is -0.477. The van der Waals surface area contributed by atoms with Crippen LogP contribution in [0.3, 0.4) is 0 Å². The van der Waals surface area contributed by atoms with Crippen LogP contribution in [0.1, 0.15) is 29.2 Å². The average molecular weight is 396 g/mol. The molecule has 1 aromatic carbocycles. The minimum Gasteiger partial charge on any atom is -0.473 e. The van der Waals surface area contributed by atoms with Crippen LogP contribution in [0.2, 0.25) is 0 Å². The molecule has 0 bridgehead atoms. The van der Waals surface area contributed by atoms with Crippen molar-refractivity contribution in [2.75, 3.05) is 5.73 Å². The highest BCUT2D eigenvalue weighted by Gasteiger charge is 2.25. The minimum atomic E-state index is -0.641. The van der Waals surface area contributed by atoms with E-state index in [0.717, 1.165) is 22.9 Å². The van der Waals surface area contributed by atoms with E-state index in [1.807, 2.05) is 18.2 Å². The van der Waals surface area contributed by atoms with Gasteiger partial charge in [-0.15, -0.1) is 0 Å². The number of pyridine rings is 2. The number of nitrogens with two attached hydrogens (primary N) is 1. The molecule has 29 heavy (non-hydrogen) atoms. The van der Waals surface area contributed by atoms with Crippen molar-refractivity contribution in [3.05, 3.63) is 83.2 Å². The van der Waals surface area contributed by atoms with Gasteiger partial charge in [0.05, 0.1) is 5.71 Å². The summed E-state index contributed by atoms with van der Waals surface area (Å²) in [6.45, 7) is 0.0236. The Bertz CT molecular complexity index is 1020. The van der Waals surface area contributed by atoms with E-state index in [-0.39, 0.29) is 12.7 Å². The van der Waals surface area contributed by atoms with Crippen LogP contribution < -0.4 is 10.5 Å². The van der Waals surface area contributed by atoms with Crippen molar-refractivity contribution in [1.29, 1.82) is 0 Å². The maximum atomic E-state index is 13.2. The molecule has 1 unspecified atom stereocenters. The number of nitrogen functional groups attached to an aromatic ring is 1. The number of aromatic nitrogens is 2. The zero-order chi connectivity index (χ0) is 20.2. The number of benzene rings is 1. The number of hydrogen-bond donors (Lipinski definition) is 1. The van der Waals surface area contributed by atoms with Crippen LogP contribution in [0.4, 0.5) is 14.6 Å². The summed E-state index contributed by atoms with van der Waals surface area (Å²) in [6, 6.07) is 10.5. The minimum absolute atomic E-state index is 0.0236. The maximum absolute atomic E-state index is 13.2. The summed E-state index contributed by atoms with van der Waals surface area (Å²) >= 11 is 0. The van der Waals surface area contributed by atoms with Gasteiger partial charge in [-0.1, -0.05) is 11.2 Å². The van der Waals surface area contributed by atoms with Gasteiger partial charge in [-0.05, 0) is 35.4 Å². The quantitative estimate of drug-likeness (QED) is 0.682. The van der Waals surface area contributed by atoms with Gasteiger partial charge in [-0.2, -0.15) is 0 Å². The lowest BCUT2D eigenvalue weighted by atomic mass is 10.0. The SMILES string of the molecule is Nc1ncccc1C1CC(Cc2ccc(OCc3cc(F)cc(F)c3)nc2)=NO1. The van der Waals surface area contributed by atoms with Gasteiger partial charge < -0.3 is 15.3 Å². The van der Waals surface area contributed by atoms with Crippen LogP contribution in [-0.4, -0.2) is 15.7 Å². The molecule has 2 aromatic heterocycles. The van der Waals surface area contributed by atoms with Gasteiger partial charge >= 0.3 is 0 Å². The number of halogens is 2. The molecule has 6 nitrogen and oxygen atoms in total. The molecular formula is C21H18F2N4O2. The van der Waals surface area contributed by atoms with Gasteiger partial charge in [0.15, 0.2) is 6.10 Å². The number of rotatable bonds is 6. The van der Waals surface area contributed by atoms with E-state index in [2.05, 4.69) is 15.1 Å². The Balaban J connectivity index is 1.32. The lowest BCUT2D eigenvalue weighted by molar-refractivity contribution is 0.0860. The first kappa shape index (κ1) is 18.8. The summed E-state index contributed by atoms with van der Waals surface area (Å²) in [5.41, 5.74) is 8.93. The number of hydrogen-bond acceptors (Lipinski definition) is 6. The number of oxime groups is 1. The van der Waals surface area contributed by atoms with Crippen LogP contribution in [0.25, 0.3) is 0 Å². The Morgan fingerprint density at radius 2 is 1.90 bits per heavy atom. The highest BCUT2D eigenvalue weighted by atomic mass is 19.1. The zero-order valence-corrected chi connectivity index (χ0v) is 15.4. The van der Waals surface area contributed by atoms with E-state index in [4.69, 9.17) is 15.3 Å². The molecule has 0 saturated heterocycles. The molecule has 2 N–H and O–H groups in total. The van der Waals surface area contributed by atoms with Gasteiger partial charge in [0.25, 0.3) is 0 Å². The fourth-order valence-electron chi connectivity index (χ4n) is 3.09. The fraction of sp³-hybridized carbons (Fsp3) is 0.190. The molecule has 3 heterocycles. The Morgan fingerprint density at radius 1 is 1.07 bits per heavy atom. The third-order valence-corrected chi connectivity index (χ3v) is 4.46. The smallest absolute Gasteiger partial charge is 0.213 e. The molecule has 3 aromatic rings. The summed E-state index contributed by atoms with van der Waals surface area (Å²) < 4.78 is 31.9.